The summed E-state index contributed by atoms with van der Waals surface area (Å²) in [5.74, 6) is 0.309. The molecular weight excluding hydrogens is 436 g/mol. The molecule has 2 N–H and O–H groups in total. The number of ether oxygens (including phenoxy) is 2. The van der Waals surface area contributed by atoms with Crippen LogP contribution in [0.4, 0.5) is 16.2 Å². The molecule has 0 heterocycles. The maximum atomic E-state index is 12.6. The molecule has 2 aromatic rings. The number of hydrogen-bond acceptors (Lipinski definition) is 5. The minimum absolute atomic E-state index is 0.0303. The fourth-order valence-electron chi connectivity index (χ4n) is 2.10. The summed E-state index contributed by atoms with van der Waals surface area (Å²) in [6.07, 6.45) is -0.712. The maximum Gasteiger partial charge on any atom is 0.412 e. The third kappa shape index (κ3) is 6.14. The van der Waals surface area contributed by atoms with Crippen LogP contribution in [0, 0.1) is 0 Å². The van der Waals surface area contributed by atoms with Crippen molar-refractivity contribution in [2.24, 2.45) is 0 Å². The predicted molar refractivity (Wildman–Crippen MR) is 108 cm³/mol. The maximum absolute atomic E-state index is 12.6. The molecule has 7 nitrogen and oxygen atoms in total. The molecule has 1 amide bonds. The fourth-order valence-corrected chi connectivity index (χ4v) is 3.45. The minimum Gasteiger partial charge on any atom is -0.495 e. The van der Waals surface area contributed by atoms with Crippen molar-refractivity contribution in [2.45, 2.75) is 31.3 Å². The molecule has 0 aliphatic carbocycles. The highest BCUT2D eigenvalue weighted by molar-refractivity contribution is 9.10. The summed E-state index contributed by atoms with van der Waals surface area (Å²) in [5.41, 5.74) is -0.0921. The Hall–Kier alpha value is -2.26. The first-order valence-electron chi connectivity index (χ1n) is 7.96. The van der Waals surface area contributed by atoms with E-state index in [-0.39, 0.29) is 10.6 Å². The van der Waals surface area contributed by atoms with Crippen molar-refractivity contribution in [1.29, 1.82) is 0 Å². The van der Waals surface area contributed by atoms with E-state index in [0.717, 1.165) is 4.47 Å². The highest BCUT2D eigenvalue weighted by Gasteiger charge is 2.20. The molecule has 146 valence electrons. The van der Waals surface area contributed by atoms with Crippen LogP contribution in [-0.4, -0.2) is 27.2 Å². The van der Waals surface area contributed by atoms with Gasteiger partial charge in [-0.2, -0.15) is 0 Å². The van der Waals surface area contributed by atoms with E-state index in [9.17, 15) is 13.2 Å². The van der Waals surface area contributed by atoms with Gasteiger partial charge in [0, 0.05) is 10.2 Å². The van der Waals surface area contributed by atoms with Crippen molar-refractivity contribution in [3.8, 4) is 5.75 Å². The second kappa shape index (κ2) is 8.18. The quantitative estimate of drug-likeness (QED) is 0.684. The summed E-state index contributed by atoms with van der Waals surface area (Å²) in [6.45, 7) is 5.19. The molecule has 0 radical (unpaired) electrons. The Balaban J connectivity index is 2.29. The van der Waals surface area contributed by atoms with E-state index in [1.807, 2.05) is 0 Å². The molecule has 27 heavy (non-hydrogen) atoms. The standard InChI is InChI=1S/C18H21BrN2O5S/c1-18(2,3)26-17(22)20-15-11-14(9-10-16(15)25-4)27(23,24)21-13-7-5-12(19)6-8-13/h5-11,21H,1-4H3,(H,20,22). The number of methoxy groups -OCH3 is 1. The Labute approximate surface area is 167 Å². The van der Waals surface area contributed by atoms with E-state index in [1.54, 1.807) is 45.0 Å². The van der Waals surface area contributed by atoms with Gasteiger partial charge in [-0.3, -0.25) is 10.0 Å². The van der Waals surface area contributed by atoms with E-state index in [1.165, 1.54) is 25.3 Å². The summed E-state index contributed by atoms with van der Waals surface area (Å²) < 4.78 is 39.0. The highest BCUT2D eigenvalue weighted by atomic mass is 79.9. The van der Waals surface area contributed by atoms with Crippen LogP contribution in [0.2, 0.25) is 0 Å². The molecule has 0 aliphatic rings. The molecule has 0 saturated heterocycles. The van der Waals surface area contributed by atoms with Gasteiger partial charge < -0.3 is 9.47 Å². The number of nitrogens with one attached hydrogen (secondary N) is 2. The number of benzene rings is 2. The van der Waals surface area contributed by atoms with Crippen LogP contribution in [0.1, 0.15) is 20.8 Å². The Morgan fingerprint density at radius 3 is 2.26 bits per heavy atom. The number of sulfonamides is 1. The van der Waals surface area contributed by atoms with E-state index >= 15 is 0 Å². The van der Waals surface area contributed by atoms with Crippen molar-refractivity contribution in [2.75, 3.05) is 17.1 Å². The van der Waals surface area contributed by atoms with Crippen molar-refractivity contribution < 1.29 is 22.7 Å². The predicted octanol–water partition coefficient (Wildman–Crippen LogP) is 4.61. The summed E-state index contributed by atoms with van der Waals surface area (Å²) in [4.78, 5) is 12.0. The van der Waals surface area contributed by atoms with Gasteiger partial charge >= 0.3 is 6.09 Å². The number of hydrogen-bond donors (Lipinski definition) is 2. The largest absolute Gasteiger partial charge is 0.495 e. The van der Waals surface area contributed by atoms with Crippen molar-refractivity contribution in [3.05, 3.63) is 46.9 Å². The van der Waals surface area contributed by atoms with Crippen LogP contribution >= 0.6 is 15.9 Å². The van der Waals surface area contributed by atoms with Crippen LogP contribution < -0.4 is 14.8 Å². The molecule has 0 atom stereocenters. The Morgan fingerprint density at radius 1 is 1.07 bits per heavy atom. The van der Waals surface area contributed by atoms with Crippen molar-refractivity contribution in [3.63, 3.8) is 0 Å². The van der Waals surface area contributed by atoms with Crippen molar-refractivity contribution in [1.82, 2.24) is 0 Å². The number of halogens is 1. The van der Waals surface area contributed by atoms with Gasteiger partial charge in [0.2, 0.25) is 0 Å². The lowest BCUT2D eigenvalue weighted by Gasteiger charge is -2.20. The average molecular weight is 457 g/mol. The normalized spacial score (nSPS) is 11.6. The van der Waals surface area contributed by atoms with Gasteiger partial charge in [0.15, 0.2) is 0 Å². The third-order valence-corrected chi connectivity index (χ3v) is 5.12. The van der Waals surface area contributed by atoms with Gasteiger partial charge in [-0.15, -0.1) is 0 Å². The molecule has 2 aromatic carbocycles. The second-order valence-electron chi connectivity index (χ2n) is 6.60. The monoisotopic (exact) mass is 456 g/mol. The average Bonchev–Trinajstić information content (AvgIpc) is 2.55. The summed E-state index contributed by atoms with van der Waals surface area (Å²) in [7, 11) is -2.44. The van der Waals surface area contributed by atoms with Gasteiger partial charge in [-0.25, -0.2) is 13.2 Å². The zero-order chi connectivity index (χ0) is 20.2. The van der Waals surface area contributed by atoms with E-state index in [2.05, 4.69) is 26.0 Å². The molecule has 0 unspecified atom stereocenters. The summed E-state index contributed by atoms with van der Waals surface area (Å²) in [6, 6.07) is 10.9. The van der Waals surface area contributed by atoms with Crippen LogP contribution in [-0.2, 0) is 14.8 Å². The first-order chi connectivity index (χ1) is 12.5. The third-order valence-electron chi connectivity index (χ3n) is 3.21. The van der Waals surface area contributed by atoms with Gasteiger partial charge in [-0.1, -0.05) is 15.9 Å². The summed E-state index contributed by atoms with van der Waals surface area (Å²) >= 11 is 3.30. The molecule has 2 rings (SSSR count). The molecule has 0 aliphatic heterocycles. The minimum atomic E-state index is -3.86. The van der Waals surface area contributed by atoms with Crippen LogP contribution in [0.5, 0.6) is 5.75 Å². The molecule has 0 fully saturated rings. The second-order valence-corrected chi connectivity index (χ2v) is 9.20. The van der Waals surface area contributed by atoms with Crippen LogP contribution in [0.3, 0.4) is 0 Å². The molecule has 0 spiro atoms. The molecule has 0 saturated carbocycles. The lowest BCUT2D eigenvalue weighted by molar-refractivity contribution is 0.0635. The van der Waals surface area contributed by atoms with E-state index in [0.29, 0.717) is 11.4 Å². The lowest BCUT2D eigenvalue weighted by Crippen LogP contribution is -2.27. The van der Waals surface area contributed by atoms with Crippen LogP contribution in [0.25, 0.3) is 0 Å². The number of rotatable bonds is 5. The number of carbonyl (C=O) groups is 1. The van der Waals surface area contributed by atoms with E-state index < -0.39 is 21.7 Å². The lowest BCUT2D eigenvalue weighted by atomic mass is 10.2. The molecule has 0 bridgehead atoms. The van der Waals surface area contributed by atoms with Gasteiger partial charge in [0.25, 0.3) is 10.0 Å². The smallest absolute Gasteiger partial charge is 0.412 e. The zero-order valence-corrected chi connectivity index (χ0v) is 17.8. The SMILES string of the molecule is COc1ccc(S(=O)(=O)Nc2ccc(Br)cc2)cc1NC(=O)OC(C)(C)C. The number of anilines is 2. The zero-order valence-electron chi connectivity index (χ0n) is 15.4. The van der Waals surface area contributed by atoms with Crippen LogP contribution in [0.15, 0.2) is 51.8 Å². The first-order valence-corrected chi connectivity index (χ1v) is 10.2. The first kappa shape index (κ1) is 21.0. The molecule has 9 heteroatoms. The summed E-state index contributed by atoms with van der Waals surface area (Å²) in [5, 5.41) is 2.52. The van der Waals surface area contributed by atoms with Gasteiger partial charge in [0.05, 0.1) is 17.7 Å². The van der Waals surface area contributed by atoms with Gasteiger partial charge in [-0.05, 0) is 63.2 Å². The van der Waals surface area contributed by atoms with E-state index in [4.69, 9.17) is 9.47 Å². The Kier molecular flexibility index (Phi) is 6.38. The molecular formula is C18H21BrN2O5S. The highest BCUT2D eigenvalue weighted by Crippen LogP contribution is 2.29. The Bertz CT molecular complexity index is 922. The topological polar surface area (TPSA) is 93.7 Å². The fraction of sp³-hybridized carbons (Fsp3) is 0.278. The number of amides is 1. The Morgan fingerprint density at radius 2 is 1.70 bits per heavy atom. The number of carbonyl (C=O) groups excluding carboxylic acids is 1. The molecule has 0 aromatic heterocycles. The van der Waals surface area contributed by atoms with Crippen molar-refractivity contribution >= 4 is 43.4 Å². The van der Waals surface area contributed by atoms with Gasteiger partial charge in [0.1, 0.15) is 11.4 Å².